The summed E-state index contributed by atoms with van der Waals surface area (Å²) in [6.07, 6.45) is -0.0127. The topological polar surface area (TPSA) is 83.7 Å². The van der Waals surface area contributed by atoms with Crippen LogP contribution in [0.5, 0.6) is 0 Å². The molecular weight excluding hydrogens is 260 g/mol. The summed E-state index contributed by atoms with van der Waals surface area (Å²) in [6, 6.07) is 4.15. The van der Waals surface area contributed by atoms with Gasteiger partial charge in [0.15, 0.2) is 0 Å². The van der Waals surface area contributed by atoms with Gasteiger partial charge in [-0.15, -0.1) is 0 Å². The Hall–Kier alpha value is -1.82. The zero-order chi connectivity index (χ0) is 13.7. The first-order valence-corrected chi connectivity index (χ1v) is 5.74. The Bertz CT molecular complexity index is 464. The van der Waals surface area contributed by atoms with Gasteiger partial charge in [0.05, 0.1) is 22.1 Å². The lowest BCUT2D eigenvalue weighted by Gasteiger charge is -2.23. The molecule has 18 heavy (non-hydrogen) atoms. The third kappa shape index (κ3) is 3.59. The van der Waals surface area contributed by atoms with Crippen molar-refractivity contribution in [3.8, 4) is 0 Å². The lowest BCUT2D eigenvalue weighted by atomic mass is 10.2. The molecule has 98 valence electrons. The summed E-state index contributed by atoms with van der Waals surface area (Å²) in [5, 5.41) is 19.5. The number of halogens is 1. The Balaban J connectivity index is 2.92. The second-order valence-electron chi connectivity index (χ2n) is 3.62. The fourth-order valence-electron chi connectivity index (χ4n) is 1.55. The number of aliphatic carboxylic acids is 1. The zero-order valence-electron chi connectivity index (χ0n) is 9.80. The predicted octanol–water partition coefficient (Wildman–Crippen LogP) is 2.55. The van der Waals surface area contributed by atoms with Crippen molar-refractivity contribution in [1.29, 1.82) is 0 Å². The zero-order valence-corrected chi connectivity index (χ0v) is 10.6. The Kier molecular flexibility index (Phi) is 4.91. The SMILES string of the molecule is CCN(CCC(=O)O)c1ccc([N+](=O)[O-])cc1Cl. The second kappa shape index (κ2) is 6.20. The number of nitrogens with zero attached hydrogens (tertiary/aromatic N) is 2. The molecule has 6 nitrogen and oxygen atoms in total. The van der Waals surface area contributed by atoms with E-state index in [4.69, 9.17) is 16.7 Å². The summed E-state index contributed by atoms with van der Waals surface area (Å²) in [6.45, 7) is 2.74. The van der Waals surface area contributed by atoms with E-state index in [2.05, 4.69) is 0 Å². The van der Waals surface area contributed by atoms with Gasteiger partial charge in [0, 0.05) is 25.2 Å². The van der Waals surface area contributed by atoms with Crippen LogP contribution in [0.1, 0.15) is 13.3 Å². The number of rotatable bonds is 6. The maximum Gasteiger partial charge on any atom is 0.305 e. The van der Waals surface area contributed by atoms with Gasteiger partial charge in [-0.25, -0.2) is 0 Å². The maximum absolute atomic E-state index is 10.6. The summed E-state index contributed by atoms with van der Waals surface area (Å²) in [5.74, 6) is -0.897. The largest absolute Gasteiger partial charge is 0.481 e. The average molecular weight is 273 g/mol. The van der Waals surface area contributed by atoms with Crippen LogP contribution in [0.3, 0.4) is 0 Å². The van der Waals surface area contributed by atoms with Gasteiger partial charge in [0.25, 0.3) is 5.69 Å². The van der Waals surface area contributed by atoms with Crippen LogP contribution in [0.25, 0.3) is 0 Å². The van der Waals surface area contributed by atoms with E-state index in [1.807, 2.05) is 6.92 Å². The van der Waals surface area contributed by atoms with E-state index in [0.717, 1.165) is 0 Å². The van der Waals surface area contributed by atoms with Gasteiger partial charge < -0.3 is 10.0 Å². The summed E-state index contributed by atoms with van der Waals surface area (Å²) < 4.78 is 0. The first-order valence-electron chi connectivity index (χ1n) is 5.36. The van der Waals surface area contributed by atoms with Gasteiger partial charge >= 0.3 is 5.97 Å². The van der Waals surface area contributed by atoms with E-state index in [-0.39, 0.29) is 17.1 Å². The number of hydrogen-bond donors (Lipinski definition) is 1. The monoisotopic (exact) mass is 272 g/mol. The van der Waals surface area contributed by atoms with E-state index in [1.54, 1.807) is 4.90 Å². The molecule has 0 aliphatic heterocycles. The third-order valence-corrected chi connectivity index (χ3v) is 2.76. The van der Waals surface area contributed by atoms with Crippen LogP contribution in [0, 0.1) is 10.1 Å². The van der Waals surface area contributed by atoms with Crippen LogP contribution >= 0.6 is 11.6 Å². The fraction of sp³-hybridized carbons (Fsp3) is 0.364. The Labute approximate surface area is 109 Å². The molecule has 0 fully saturated rings. The van der Waals surface area contributed by atoms with Crippen LogP contribution in [-0.2, 0) is 4.79 Å². The van der Waals surface area contributed by atoms with E-state index in [0.29, 0.717) is 18.8 Å². The van der Waals surface area contributed by atoms with Gasteiger partial charge in [-0.2, -0.15) is 0 Å². The lowest BCUT2D eigenvalue weighted by Crippen LogP contribution is -2.26. The lowest BCUT2D eigenvalue weighted by molar-refractivity contribution is -0.384. The molecule has 0 radical (unpaired) electrons. The molecule has 0 spiro atoms. The van der Waals surface area contributed by atoms with Gasteiger partial charge in [-0.3, -0.25) is 14.9 Å². The highest BCUT2D eigenvalue weighted by molar-refractivity contribution is 6.33. The van der Waals surface area contributed by atoms with E-state index < -0.39 is 10.9 Å². The average Bonchev–Trinajstić information content (AvgIpc) is 2.30. The van der Waals surface area contributed by atoms with Crippen molar-refractivity contribution in [2.75, 3.05) is 18.0 Å². The predicted molar refractivity (Wildman–Crippen MR) is 68.2 cm³/mol. The molecule has 0 saturated carbocycles. The number of carboxylic acid groups (broad SMARTS) is 1. The van der Waals surface area contributed by atoms with E-state index in [9.17, 15) is 14.9 Å². The first kappa shape index (κ1) is 14.2. The first-order chi connectivity index (χ1) is 8.45. The minimum Gasteiger partial charge on any atom is -0.481 e. The Morgan fingerprint density at radius 2 is 2.22 bits per heavy atom. The summed E-state index contributed by atoms with van der Waals surface area (Å²) >= 11 is 5.97. The van der Waals surface area contributed by atoms with Crippen LogP contribution in [0.15, 0.2) is 18.2 Å². The highest BCUT2D eigenvalue weighted by Gasteiger charge is 2.14. The van der Waals surface area contributed by atoms with Gasteiger partial charge in [-0.1, -0.05) is 11.6 Å². The number of anilines is 1. The summed E-state index contributed by atoms with van der Waals surface area (Å²) in [5.41, 5.74) is 0.518. The Morgan fingerprint density at radius 1 is 1.56 bits per heavy atom. The van der Waals surface area contributed by atoms with E-state index >= 15 is 0 Å². The molecule has 0 heterocycles. The van der Waals surface area contributed by atoms with Crippen molar-refractivity contribution < 1.29 is 14.8 Å². The van der Waals surface area contributed by atoms with Crippen LogP contribution in [0.2, 0.25) is 5.02 Å². The van der Waals surface area contributed by atoms with Crippen LogP contribution in [0.4, 0.5) is 11.4 Å². The molecule has 1 N–H and O–H groups in total. The molecule has 0 aliphatic carbocycles. The fourth-order valence-corrected chi connectivity index (χ4v) is 1.84. The summed E-state index contributed by atoms with van der Waals surface area (Å²) in [4.78, 5) is 22.3. The van der Waals surface area contributed by atoms with Gasteiger partial charge in [-0.05, 0) is 13.0 Å². The molecule has 0 aromatic heterocycles. The molecule has 1 rings (SSSR count). The molecule has 7 heteroatoms. The standard InChI is InChI=1S/C11H13ClN2O4/c1-2-13(6-5-11(15)16)10-4-3-8(14(17)18)7-9(10)12/h3-4,7H,2,5-6H2,1H3,(H,15,16). The molecular formula is C11H13ClN2O4. The highest BCUT2D eigenvalue weighted by Crippen LogP contribution is 2.29. The second-order valence-corrected chi connectivity index (χ2v) is 4.02. The van der Waals surface area contributed by atoms with Crippen molar-refractivity contribution in [3.05, 3.63) is 33.3 Å². The number of benzene rings is 1. The number of nitro benzene ring substituents is 1. The minimum atomic E-state index is -0.897. The molecule has 1 aromatic rings. The minimum absolute atomic E-state index is 0.0127. The van der Waals surface area contributed by atoms with Gasteiger partial charge in [0.1, 0.15) is 0 Å². The highest BCUT2D eigenvalue weighted by atomic mass is 35.5. The van der Waals surface area contributed by atoms with E-state index in [1.165, 1.54) is 18.2 Å². The molecule has 0 unspecified atom stereocenters. The number of carboxylic acids is 1. The number of carbonyl (C=O) groups is 1. The number of hydrogen-bond acceptors (Lipinski definition) is 4. The van der Waals surface area contributed by atoms with Crippen LogP contribution in [-0.4, -0.2) is 29.1 Å². The molecule has 0 aliphatic rings. The van der Waals surface area contributed by atoms with Crippen molar-refractivity contribution in [2.24, 2.45) is 0 Å². The quantitative estimate of drug-likeness (QED) is 0.635. The van der Waals surface area contributed by atoms with Crippen molar-refractivity contribution >= 4 is 28.9 Å². The normalized spacial score (nSPS) is 10.1. The van der Waals surface area contributed by atoms with Crippen molar-refractivity contribution in [2.45, 2.75) is 13.3 Å². The number of non-ortho nitro benzene ring substituents is 1. The van der Waals surface area contributed by atoms with Gasteiger partial charge in [0.2, 0.25) is 0 Å². The molecule has 0 atom stereocenters. The molecule has 0 amide bonds. The van der Waals surface area contributed by atoms with Crippen molar-refractivity contribution in [1.82, 2.24) is 0 Å². The smallest absolute Gasteiger partial charge is 0.305 e. The third-order valence-electron chi connectivity index (χ3n) is 2.46. The molecule has 0 saturated heterocycles. The Morgan fingerprint density at radius 3 is 2.67 bits per heavy atom. The summed E-state index contributed by atoms with van der Waals surface area (Å²) in [7, 11) is 0. The molecule has 1 aromatic carbocycles. The maximum atomic E-state index is 10.6. The molecule has 0 bridgehead atoms. The number of nitro groups is 1. The van der Waals surface area contributed by atoms with Crippen LogP contribution < -0.4 is 4.90 Å². The van der Waals surface area contributed by atoms with Crippen molar-refractivity contribution in [3.63, 3.8) is 0 Å².